The quantitative estimate of drug-likeness (QED) is 0.692. The molecule has 1 heterocycles. The van der Waals surface area contributed by atoms with Crippen LogP contribution in [-0.2, 0) is 0 Å². The molecule has 0 fully saturated rings. The minimum absolute atomic E-state index is 0.627. The summed E-state index contributed by atoms with van der Waals surface area (Å²) in [5.41, 5.74) is 9.18. The molecule has 2 N–H and O–H groups in total. The van der Waals surface area contributed by atoms with Crippen LogP contribution >= 0.6 is 0 Å². The van der Waals surface area contributed by atoms with E-state index in [9.17, 15) is 0 Å². The van der Waals surface area contributed by atoms with E-state index < -0.39 is 0 Å². The predicted octanol–water partition coefficient (Wildman–Crippen LogP) is 3.59. The number of nitrogens with zero attached hydrogens (tertiary/aromatic N) is 1. The van der Waals surface area contributed by atoms with Gasteiger partial charge in [0.15, 0.2) is 0 Å². The Balaban J connectivity index is 1.97. The molecule has 0 aliphatic carbocycles. The Kier molecular flexibility index (Phi) is 2.57. The first-order valence-electron chi connectivity index (χ1n) is 5.70. The molecule has 3 rings (SSSR count). The Hall–Kier alpha value is -2.55. The van der Waals surface area contributed by atoms with E-state index >= 15 is 0 Å². The molecule has 2 aromatic carbocycles. The Morgan fingerprint density at radius 3 is 2.28 bits per heavy atom. The highest BCUT2D eigenvalue weighted by molar-refractivity contribution is 5.64. The molecule has 1 aromatic heterocycles. The first-order valence-corrected chi connectivity index (χ1v) is 5.70. The van der Waals surface area contributed by atoms with Crippen molar-refractivity contribution in [2.75, 3.05) is 5.73 Å². The normalized spacial score (nSPS) is 10.4. The molecule has 0 unspecified atom stereocenters. The number of hydrogen-bond acceptors (Lipinski definition) is 3. The summed E-state index contributed by atoms with van der Waals surface area (Å²) in [5, 5.41) is 0. The van der Waals surface area contributed by atoms with Gasteiger partial charge in [-0.15, -0.1) is 0 Å². The van der Waals surface area contributed by atoms with Crippen molar-refractivity contribution in [3.05, 3.63) is 60.9 Å². The van der Waals surface area contributed by atoms with Crippen LogP contribution in [0.15, 0.2) is 65.3 Å². The van der Waals surface area contributed by atoms with Gasteiger partial charge < -0.3 is 10.2 Å². The smallest absolute Gasteiger partial charge is 0.226 e. The summed E-state index contributed by atoms with van der Waals surface area (Å²) < 4.78 is 5.49. The van der Waals surface area contributed by atoms with Gasteiger partial charge in [0, 0.05) is 16.8 Å². The minimum atomic E-state index is 0.627. The van der Waals surface area contributed by atoms with Gasteiger partial charge in [0.05, 0.1) is 0 Å². The second kappa shape index (κ2) is 4.37. The van der Waals surface area contributed by atoms with Gasteiger partial charge in [0.1, 0.15) is 12.0 Å². The molecule has 88 valence electrons. The van der Waals surface area contributed by atoms with E-state index in [0.29, 0.717) is 5.89 Å². The van der Waals surface area contributed by atoms with E-state index in [0.717, 1.165) is 22.5 Å². The van der Waals surface area contributed by atoms with Crippen LogP contribution in [0.4, 0.5) is 5.69 Å². The lowest BCUT2D eigenvalue weighted by Crippen LogP contribution is -1.84. The zero-order chi connectivity index (χ0) is 12.4. The van der Waals surface area contributed by atoms with E-state index in [1.807, 2.05) is 54.6 Å². The van der Waals surface area contributed by atoms with Crippen LogP contribution in [0.1, 0.15) is 0 Å². The topological polar surface area (TPSA) is 52.0 Å². The molecule has 3 heteroatoms. The second-order valence-corrected chi connectivity index (χ2v) is 4.03. The maximum absolute atomic E-state index is 5.66. The Morgan fingerprint density at radius 1 is 0.833 bits per heavy atom. The van der Waals surface area contributed by atoms with E-state index in [2.05, 4.69) is 4.98 Å². The monoisotopic (exact) mass is 236 g/mol. The number of nitrogens with two attached hydrogens (primary N) is 1. The van der Waals surface area contributed by atoms with Crippen molar-refractivity contribution in [3.63, 3.8) is 0 Å². The number of oxazole rings is 1. The SMILES string of the molecule is Nc1ccc(-c2coc(-c3ccccc3)n2)cc1. The highest BCUT2D eigenvalue weighted by atomic mass is 16.3. The third kappa shape index (κ3) is 1.98. The van der Waals surface area contributed by atoms with Crippen molar-refractivity contribution in [1.82, 2.24) is 4.98 Å². The van der Waals surface area contributed by atoms with Gasteiger partial charge in [-0.05, 0) is 24.3 Å². The van der Waals surface area contributed by atoms with Crippen LogP contribution in [0.25, 0.3) is 22.7 Å². The fourth-order valence-electron chi connectivity index (χ4n) is 1.77. The molecule has 0 radical (unpaired) electrons. The third-order valence-corrected chi connectivity index (χ3v) is 2.73. The maximum atomic E-state index is 5.66. The molecule has 0 bridgehead atoms. The highest BCUT2D eigenvalue weighted by Gasteiger charge is 2.07. The number of anilines is 1. The van der Waals surface area contributed by atoms with Gasteiger partial charge in [-0.2, -0.15) is 0 Å². The molecule has 3 aromatic rings. The molecular formula is C15H12N2O. The van der Waals surface area contributed by atoms with Crippen molar-refractivity contribution >= 4 is 5.69 Å². The van der Waals surface area contributed by atoms with Crippen molar-refractivity contribution in [1.29, 1.82) is 0 Å². The second-order valence-electron chi connectivity index (χ2n) is 4.03. The van der Waals surface area contributed by atoms with Crippen LogP contribution in [-0.4, -0.2) is 4.98 Å². The van der Waals surface area contributed by atoms with Crippen molar-refractivity contribution in [2.24, 2.45) is 0 Å². The lowest BCUT2D eigenvalue weighted by molar-refractivity contribution is 0.575. The van der Waals surface area contributed by atoms with E-state index in [1.54, 1.807) is 6.26 Å². The van der Waals surface area contributed by atoms with Gasteiger partial charge >= 0.3 is 0 Å². The molecule has 0 spiro atoms. The molecule has 0 amide bonds. The summed E-state index contributed by atoms with van der Waals surface area (Å²) >= 11 is 0. The van der Waals surface area contributed by atoms with Gasteiger partial charge in [-0.1, -0.05) is 30.3 Å². The van der Waals surface area contributed by atoms with Gasteiger partial charge in [-0.3, -0.25) is 0 Å². The summed E-state index contributed by atoms with van der Waals surface area (Å²) in [7, 11) is 0. The number of rotatable bonds is 2. The van der Waals surface area contributed by atoms with E-state index in [-0.39, 0.29) is 0 Å². The maximum Gasteiger partial charge on any atom is 0.226 e. The fraction of sp³-hybridized carbons (Fsp3) is 0. The molecule has 0 atom stereocenters. The molecule has 0 aliphatic rings. The van der Waals surface area contributed by atoms with Crippen molar-refractivity contribution < 1.29 is 4.42 Å². The zero-order valence-electron chi connectivity index (χ0n) is 9.71. The van der Waals surface area contributed by atoms with Crippen molar-refractivity contribution in [2.45, 2.75) is 0 Å². The average molecular weight is 236 g/mol. The molecule has 18 heavy (non-hydrogen) atoms. The van der Waals surface area contributed by atoms with Gasteiger partial charge in [-0.25, -0.2) is 4.98 Å². The molecule has 3 nitrogen and oxygen atoms in total. The summed E-state index contributed by atoms with van der Waals surface area (Å²) in [5.74, 6) is 0.627. The van der Waals surface area contributed by atoms with Crippen molar-refractivity contribution in [3.8, 4) is 22.7 Å². The van der Waals surface area contributed by atoms with E-state index in [1.165, 1.54) is 0 Å². The summed E-state index contributed by atoms with van der Waals surface area (Å²) in [6, 6.07) is 17.4. The number of aromatic nitrogens is 1. The van der Waals surface area contributed by atoms with Crippen LogP contribution in [0.3, 0.4) is 0 Å². The van der Waals surface area contributed by atoms with Crippen LogP contribution in [0, 0.1) is 0 Å². The largest absolute Gasteiger partial charge is 0.444 e. The van der Waals surface area contributed by atoms with Crippen LogP contribution < -0.4 is 5.73 Å². The standard InChI is InChI=1S/C15H12N2O/c16-13-8-6-11(7-9-13)14-10-18-15(17-14)12-4-2-1-3-5-12/h1-10H,16H2. The lowest BCUT2D eigenvalue weighted by Gasteiger charge is -1.96. The summed E-state index contributed by atoms with van der Waals surface area (Å²) in [6.45, 7) is 0. The molecule has 0 saturated carbocycles. The van der Waals surface area contributed by atoms with Gasteiger partial charge in [0.2, 0.25) is 5.89 Å². The zero-order valence-corrected chi connectivity index (χ0v) is 9.71. The van der Waals surface area contributed by atoms with E-state index in [4.69, 9.17) is 10.2 Å². The first kappa shape index (κ1) is 10.6. The lowest BCUT2D eigenvalue weighted by atomic mass is 10.1. The van der Waals surface area contributed by atoms with Crippen LogP contribution in [0.2, 0.25) is 0 Å². The average Bonchev–Trinajstić information content (AvgIpc) is 2.90. The number of nitrogen functional groups attached to an aromatic ring is 1. The molecular weight excluding hydrogens is 224 g/mol. The Morgan fingerprint density at radius 2 is 1.56 bits per heavy atom. The first-order chi connectivity index (χ1) is 8.83. The molecule has 0 aliphatic heterocycles. The minimum Gasteiger partial charge on any atom is -0.444 e. The van der Waals surface area contributed by atoms with Gasteiger partial charge in [0.25, 0.3) is 0 Å². The highest BCUT2D eigenvalue weighted by Crippen LogP contribution is 2.24. The number of hydrogen-bond donors (Lipinski definition) is 1. The summed E-state index contributed by atoms with van der Waals surface area (Å²) in [6.07, 6.45) is 1.66. The number of benzene rings is 2. The fourth-order valence-corrected chi connectivity index (χ4v) is 1.77. The molecule has 0 saturated heterocycles. The Labute approximate surface area is 105 Å². The van der Waals surface area contributed by atoms with Crippen LogP contribution in [0.5, 0.6) is 0 Å². The predicted molar refractivity (Wildman–Crippen MR) is 71.8 cm³/mol. The third-order valence-electron chi connectivity index (χ3n) is 2.73. The summed E-state index contributed by atoms with van der Waals surface area (Å²) in [4.78, 5) is 4.47. The Bertz CT molecular complexity index is 642.